The van der Waals surface area contributed by atoms with Crippen LogP contribution >= 0.6 is 12.1 Å². The summed E-state index contributed by atoms with van der Waals surface area (Å²) in [4.78, 5) is 4.09. The van der Waals surface area contributed by atoms with Gasteiger partial charge < -0.3 is 4.57 Å². The molecule has 3 aromatic rings. The van der Waals surface area contributed by atoms with Crippen LogP contribution in [0.25, 0.3) is 22.0 Å². The second-order valence-corrected chi connectivity index (χ2v) is 6.98. The van der Waals surface area contributed by atoms with Crippen LogP contribution in [0.1, 0.15) is 5.56 Å². The predicted molar refractivity (Wildman–Crippen MR) is 99.1 cm³/mol. The summed E-state index contributed by atoms with van der Waals surface area (Å²) in [5.74, 6) is 0. The average molecular weight is 326 g/mol. The van der Waals surface area contributed by atoms with Gasteiger partial charge in [-0.1, -0.05) is 12.1 Å². The topological polar surface area (TPSA) is 33.1 Å². The van der Waals surface area contributed by atoms with E-state index in [1.807, 2.05) is 38.6 Å². The van der Waals surface area contributed by atoms with Crippen LogP contribution in [0.15, 0.2) is 48.9 Å². The molecular formula is C18H22N4S. The third-order valence-corrected chi connectivity index (χ3v) is 4.53. The molecule has 4 nitrogen and oxygen atoms in total. The summed E-state index contributed by atoms with van der Waals surface area (Å²) in [5, 5.41) is 1.34. The van der Waals surface area contributed by atoms with E-state index in [1.165, 1.54) is 27.6 Å². The van der Waals surface area contributed by atoms with Crippen molar-refractivity contribution in [2.45, 2.75) is 6.42 Å². The van der Waals surface area contributed by atoms with Gasteiger partial charge in [0.25, 0.3) is 0 Å². The van der Waals surface area contributed by atoms with E-state index in [1.54, 1.807) is 12.1 Å². The summed E-state index contributed by atoms with van der Waals surface area (Å²) in [6.45, 7) is 0.952. The molecule has 3 rings (SSSR count). The SMILES string of the molecule is CN(C)SNCCc1cn(C)c2cc(-c3ccncc3)ccc12. The lowest BCUT2D eigenvalue weighted by Crippen LogP contribution is -2.15. The largest absolute Gasteiger partial charge is 0.350 e. The van der Waals surface area contributed by atoms with Crippen LogP contribution in [0.5, 0.6) is 0 Å². The Balaban J connectivity index is 1.83. The lowest BCUT2D eigenvalue weighted by molar-refractivity contribution is 0.690. The van der Waals surface area contributed by atoms with Gasteiger partial charge in [0.05, 0.1) is 0 Å². The predicted octanol–water partition coefficient (Wildman–Crippen LogP) is 3.50. The lowest BCUT2D eigenvalue weighted by Gasteiger charge is -2.08. The number of aryl methyl sites for hydroxylation is 1. The zero-order valence-electron chi connectivity index (χ0n) is 13.8. The molecule has 0 unspecified atom stereocenters. The Morgan fingerprint density at radius 3 is 2.65 bits per heavy atom. The van der Waals surface area contributed by atoms with Gasteiger partial charge in [-0.2, -0.15) is 0 Å². The minimum Gasteiger partial charge on any atom is -0.350 e. The maximum atomic E-state index is 4.09. The van der Waals surface area contributed by atoms with Crippen molar-refractivity contribution in [1.82, 2.24) is 18.6 Å². The Morgan fingerprint density at radius 2 is 1.91 bits per heavy atom. The molecule has 2 heterocycles. The van der Waals surface area contributed by atoms with Gasteiger partial charge in [0, 0.05) is 55.2 Å². The molecule has 23 heavy (non-hydrogen) atoms. The highest BCUT2D eigenvalue weighted by molar-refractivity contribution is 7.95. The molecule has 0 saturated carbocycles. The van der Waals surface area contributed by atoms with Crippen molar-refractivity contribution in [2.75, 3.05) is 20.6 Å². The van der Waals surface area contributed by atoms with Gasteiger partial charge in [-0.25, -0.2) is 4.31 Å². The zero-order chi connectivity index (χ0) is 16.2. The smallest absolute Gasteiger partial charge is 0.0486 e. The molecule has 0 amide bonds. The van der Waals surface area contributed by atoms with Crippen molar-refractivity contribution < 1.29 is 0 Å². The van der Waals surface area contributed by atoms with E-state index >= 15 is 0 Å². The van der Waals surface area contributed by atoms with Gasteiger partial charge in [0.1, 0.15) is 0 Å². The van der Waals surface area contributed by atoms with E-state index in [-0.39, 0.29) is 0 Å². The van der Waals surface area contributed by atoms with Crippen molar-refractivity contribution in [1.29, 1.82) is 0 Å². The summed E-state index contributed by atoms with van der Waals surface area (Å²) in [5.41, 5.74) is 5.09. The van der Waals surface area contributed by atoms with Crippen LogP contribution in [0.2, 0.25) is 0 Å². The molecule has 0 aliphatic heterocycles. The van der Waals surface area contributed by atoms with Crippen molar-refractivity contribution in [3.05, 3.63) is 54.5 Å². The number of hydrogen-bond donors (Lipinski definition) is 1. The minimum atomic E-state index is 0.952. The highest BCUT2D eigenvalue weighted by Crippen LogP contribution is 2.27. The zero-order valence-corrected chi connectivity index (χ0v) is 14.6. The summed E-state index contributed by atoms with van der Waals surface area (Å²) < 4.78 is 7.65. The third kappa shape index (κ3) is 3.75. The van der Waals surface area contributed by atoms with E-state index in [2.05, 4.69) is 50.0 Å². The molecule has 5 heteroatoms. The first-order valence-corrected chi connectivity index (χ1v) is 8.48. The molecule has 0 atom stereocenters. The monoisotopic (exact) mass is 326 g/mol. The Hall–Kier alpha value is -1.82. The summed E-state index contributed by atoms with van der Waals surface area (Å²) in [6, 6.07) is 10.8. The maximum absolute atomic E-state index is 4.09. The maximum Gasteiger partial charge on any atom is 0.0486 e. The fraction of sp³-hybridized carbons (Fsp3) is 0.278. The van der Waals surface area contributed by atoms with E-state index < -0.39 is 0 Å². The van der Waals surface area contributed by atoms with E-state index in [9.17, 15) is 0 Å². The van der Waals surface area contributed by atoms with E-state index in [4.69, 9.17) is 0 Å². The van der Waals surface area contributed by atoms with Crippen LogP contribution in [-0.2, 0) is 13.5 Å². The number of rotatable bonds is 6. The van der Waals surface area contributed by atoms with Gasteiger partial charge in [-0.05, 0) is 55.4 Å². The van der Waals surface area contributed by atoms with Gasteiger partial charge in [-0.15, -0.1) is 0 Å². The van der Waals surface area contributed by atoms with Crippen LogP contribution < -0.4 is 4.72 Å². The second-order valence-electron chi connectivity index (χ2n) is 5.78. The molecule has 0 radical (unpaired) electrons. The number of pyridine rings is 1. The first-order valence-electron chi connectivity index (χ1n) is 7.70. The standard InChI is InChI=1S/C18H22N4S/c1-21(2)23-20-11-8-16-13-22(3)18-12-15(4-5-17(16)18)14-6-9-19-10-7-14/h4-7,9-10,12-13,20H,8,11H2,1-3H3. The number of nitrogens with one attached hydrogen (secondary N) is 1. The normalized spacial score (nSPS) is 11.5. The summed E-state index contributed by atoms with van der Waals surface area (Å²) >= 11 is 1.63. The van der Waals surface area contributed by atoms with Gasteiger partial charge >= 0.3 is 0 Å². The van der Waals surface area contributed by atoms with E-state index in [0.717, 1.165) is 13.0 Å². The number of nitrogens with zero attached hydrogens (tertiary/aromatic N) is 3. The minimum absolute atomic E-state index is 0.952. The summed E-state index contributed by atoms with van der Waals surface area (Å²) in [6.07, 6.45) is 6.93. The molecule has 0 saturated heterocycles. The molecule has 0 aliphatic carbocycles. The molecule has 0 fully saturated rings. The van der Waals surface area contributed by atoms with E-state index in [0.29, 0.717) is 0 Å². The van der Waals surface area contributed by atoms with Crippen molar-refractivity contribution >= 4 is 23.0 Å². The average Bonchev–Trinajstić information content (AvgIpc) is 2.88. The number of fused-ring (bicyclic) bond motifs is 1. The molecule has 120 valence electrons. The van der Waals surface area contributed by atoms with Gasteiger partial charge in [-0.3, -0.25) is 9.71 Å². The fourth-order valence-electron chi connectivity index (χ4n) is 2.75. The Morgan fingerprint density at radius 1 is 1.13 bits per heavy atom. The van der Waals surface area contributed by atoms with Crippen LogP contribution in [0, 0.1) is 0 Å². The molecule has 0 aliphatic rings. The first kappa shape index (κ1) is 16.1. The molecule has 0 bridgehead atoms. The van der Waals surface area contributed by atoms with Crippen LogP contribution in [-0.4, -0.2) is 34.5 Å². The highest BCUT2D eigenvalue weighted by Gasteiger charge is 2.08. The molecule has 1 aromatic carbocycles. The molecule has 1 N–H and O–H groups in total. The lowest BCUT2D eigenvalue weighted by atomic mass is 10.0. The van der Waals surface area contributed by atoms with Crippen LogP contribution in [0.3, 0.4) is 0 Å². The second kappa shape index (κ2) is 7.17. The molecular weight excluding hydrogens is 304 g/mol. The molecule has 2 aromatic heterocycles. The Kier molecular flexibility index (Phi) is 5.00. The number of aromatic nitrogens is 2. The Labute approximate surface area is 141 Å². The van der Waals surface area contributed by atoms with Gasteiger partial charge in [0.15, 0.2) is 0 Å². The third-order valence-electron chi connectivity index (χ3n) is 3.83. The molecule has 0 spiro atoms. The quantitative estimate of drug-likeness (QED) is 0.555. The fourth-order valence-corrected chi connectivity index (χ4v) is 3.20. The first-order chi connectivity index (χ1) is 11.1. The summed E-state index contributed by atoms with van der Waals surface area (Å²) in [7, 11) is 6.19. The van der Waals surface area contributed by atoms with Crippen LogP contribution in [0.4, 0.5) is 0 Å². The van der Waals surface area contributed by atoms with Crippen molar-refractivity contribution in [3.8, 4) is 11.1 Å². The van der Waals surface area contributed by atoms with Crippen molar-refractivity contribution in [3.63, 3.8) is 0 Å². The van der Waals surface area contributed by atoms with Crippen molar-refractivity contribution in [2.24, 2.45) is 7.05 Å². The number of benzene rings is 1. The number of hydrogen-bond acceptors (Lipinski definition) is 4. The van der Waals surface area contributed by atoms with Gasteiger partial charge in [0.2, 0.25) is 0 Å². The highest BCUT2D eigenvalue weighted by atomic mass is 32.2. The Bertz CT molecular complexity index is 780.